The number of benzene rings is 4. The molecule has 4 atom stereocenters. The van der Waals surface area contributed by atoms with Crippen molar-refractivity contribution in [1.29, 1.82) is 0 Å². The lowest BCUT2D eigenvalue weighted by Crippen LogP contribution is -2.38. The van der Waals surface area contributed by atoms with Crippen LogP contribution in [0.15, 0.2) is 103 Å². The second-order valence-electron chi connectivity index (χ2n) is 20.0. The van der Waals surface area contributed by atoms with Gasteiger partial charge in [-0.15, -0.1) is 19.0 Å². The maximum Gasteiger partial charge on any atom is 0.408 e. The van der Waals surface area contributed by atoms with E-state index in [0.29, 0.717) is 23.5 Å². The molecule has 0 radical (unpaired) electrons. The van der Waals surface area contributed by atoms with Gasteiger partial charge in [-0.1, -0.05) is 69.8 Å². The number of carboxylic acids is 1. The van der Waals surface area contributed by atoms with Crippen LogP contribution in [0.4, 0.5) is 36.7 Å². The first-order chi connectivity index (χ1) is 36.6. The number of carbonyl (C=O) groups is 5. The minimum atomic E-state index is -2.79. The van der Waals surface area contributed by atoms with Crippen LogP contribution < -0.4 is 21.3 Å². The predicted octanol–water partition coefficient (Wildman–Crippen LogP) is 14.3. The number of halogens is 9. The number of ether oxygens (including phenoxy) is 4. The molecule has 0 aromatic heterocycles. The van der Waals surface area contributed by atoms with Gasteiger partial charge in [0, 0.05) is 17.9 Å². The number of hydrogen-bond donors (Lipinski definition) is 7. The van der Waals surface area contributed by atoms with E-state index < -0.39 is 107 Å². The van der Waals surface area contributed by atoms with Crippen LogP contribution in [-0.4, -0.2) is 81.2 Å². The molecule has 78 heavy (non-hydrogen) atoms. The number of rotatable bonds is 12. The fourth-order valence-electron chi connectivity index (χ4n) is 5.64. The Labute approximate surface area is 497 Å². The largest absolute Gasteiger partial charge is 0.479 e. The summed E-state index contributed by atoms with van der Waals surface area (Å²) >= 11 is 12.4. The summed E-state index contributed by atoms with van der Waals surface area (Å²) in [5.74, 6) is -3.55. The molecule has 0 saturated heterocycles. The fourth-order valence-corrected chi connectivity index (χ4v) is 7.57. The molecule has 25 heteroatoms. The molecular formula is C53H67Br4ClF4N4O12. The number of nitrogens with one attached hydrogen (secondary N) is 4. The van der Waals surface area contributed by atoms with Gasteiger partial charge in [-0.3, -0.25) is 0 Å². The molecule has 0 saturated carbocycles. The Hall–Kier alpha value is -4.98. The molecule has 434 valence electrons. The van der Waals surface area contributed by atoms with E-state index in [2.05, 4.69) is 91.6 Å². The van der Waals surface area contributed by atoms with Crippen molar-refractivity contribution in [3.05, 3.63) is 149 Å². The van der Waals surface area contributed by atoms with Crippen LogP contribution in [0, 0.1) is 23.3 Å². The van der Waals surface area contributed by atoms with Crippen LogP contribution in [0.2, 0.25) is 0 Å². The average Bonchev–Trinajstić information content (AvgIpc) is 3.21. The summed E-state index contributed by atoms with van der Waals surface area (Å²) in [7, 11) is 0. The topological polar surface area (TPSA) is 231 Å². The zero-order valence-electron chi connectivity index (χ0n) is 48.5. The molecule has 16 nitrogen and oxygen atoms in total. The van der Waals surface area contributed by atoms with Crippen LogP contribution in [0.3, 0.4) is 0 Å². The third-order valence-electron chi connectivity index (χ3n) is 8.29. The molecule has 0 aliphatic carbocycles. The molecule has 0 aliphatic heterocycles. The van der Waals surface area contributed by atoms with E-state index in [4.69, 9.17) is 29.5 Å². The summed E-state index contributed by atoms with van der Waals surface area (Å²) in [6.07, 6.45) is -1.76. The van der Waals surface area contributed by atoms with Gasteiger partial charge in [-0.25, -0.2) is 41.5 Å². The highest BCUT2D eigenvalue weighted by atomic mass is 79.9. The predicted molar refractivity (Wildman–Crippen MR) is 304 cm³/mol. The van der Waals surface area contributed by atoms with E-state index in [1.54, 1.807) is 89.2 Å². The Kier molecular flexibility index (Phi) is 27.7. The number of amides is 4. The van der Waals surface area contributed by atoms with Crippen molar-refractivity contribution >= 4 is 106 Å². The van der Waals surface area contributed by atoms with Crippen molar-refractivity contribution in [1.82, 2.24) is 21.3 Å². The summed E-state index contributed by atoms with van der Waals surface area (Å²) in [5, 5.41) is 37.6. The summed E-state index contributed by atoms with van der Waals surface area (Å²) in [6.45, 7) is 18.2. The van der Waals surface area contributed by atoms with Gasteiger partial charge in [0.2, 0.25) is 0 Å². The number of aliphatic carboxylic acids is 1. The van der Waals surface area contributed by atoms with E-state index in [-0.39, 0.29) is 34.9 Å². The number of hydrogen-bond acceptors (Lipinski definition) is 11. The SMILES string of the molecule is C=C[C@H](NC(=O)OC(C)(C)C)c1cc(F)cc(Br)c1.CC(C)(C)OC(=O)N[C@@H](C(=O)O)c1cc(F)cc(Br)c1.Cl.[2H]C([2H])(O)[C@H](NC(=O)OC(C)(C)C)c1cc(F)cc(Br)c1.[2H]C([2H])(O)[C@H](NC(=O)OC(C)(C)C)c1cc(F)cc(Br)c1. The Morgan fingerprint density at radius 2 is 0.756 bits per heavy atom. The molecule has 0 heterocycles. The second-order valence-corrected chi connectivity index (χ2v) is 23.7. The first-order valence-electron chi connectivity index (χ1n) is 24.7. The minimum Gasteiger partial charge on any atom is -0.479 e. The maximum atomic E-state index is 13.4. The van der Waals surface area contributed by atoms with Crippen molar-refractivity contribution < 1.29 is 81.3 Å². The third-order valence-corrected chi connectivity index (χ3v) is 10.1. The van der Waals surface area contributed by atoms with E-state index in [9.17, 15) is 51.7 Å². The highest BCUT2D eigenvalue weighted by Gasteiger charge is 2.27. The first-order valence-corrected chi connectivity index (χ1v) is 25.9. The lowest BCUT2D eigenvalue weighted by atomic mass is 10.1. The number of carboxylic acid groups (broad SMARTS) is 1. The molecule has 7 N–H and O–H groups in total. The lowest BCUT2D eigenvalue weighted by molar-refractivity contribution is -0.139. The van der Waals surface area contributed by atoms with Gasteiger partial charge in [0.25, 0.3) is 0 Å². The molecule has 0 aliphatic rings. The van der Waals surface area contributed by atoms with Crippen LogP contribution in [0.5, 0.6) is 0 Å². The van der Waals surface area contributed by atoms with Crippen molar-refractivity contribution in [2.75, 3.05) is 13.1 Å². The molecule has 0 fully saturated rings. The van der Waals surface area contributed by atoms with Gasteiger partial charge in [-0.05, 0) is 178 Å². The Morgan fingerprint density at radius 3 is 1.03 bits per heavy atom. The lowest BCUT2D eigenvalue weighted by Gasteiger charge is -2.23. The summed E-state index contributed by atoms with van der Waals surface area (Å²) in [5.41, 5.74) is -2.06. The van der Waals surface area contributed by atoms with Crippen LogP contribution in [0.25, 0.3) is 0 Å². The fraction of sp³-hybridized carbons (Fsp3) is 0.415. The average molecular weight is 1390 g/mol. The molecule has 4 rings (SSSR count). The van der Waals surface area contributed by atoms with Gasteiger partial charge in [0.1, 0.15) is 45.7 Å². The van der Waals surface area contributed by atoms with Crippen LogP contribution in [-0.2, 0) is 23.7 Å². The van der Waals surface area contributed by atoms with E-state index in [0.717, 1.165) is 18.2 Å². The van der Waals surface area contributed by atoms with Gasteiger partial charge in [0.05, 0.1) is 36.7 Å². The summed E-state index contributed by atoms with van der Waals surface area (Å²) < 4.78 is 105. The monoisotopic (exact) mass is 1380 g/mol. The Bertz CT molecular complexity index is 2660. The number of aliphatic hydroxyl groups is 2. The second kappa shape index (κ2) is 32.9. The summed E-state index contributed by atoms with van der Waals surface area (Å²) in [4.78, 5) is 58.0. The van der Waals surface area contributed by atoms with Crippen molar-refractivity contribution in [3.63, 3.8) is 0 Å². The normalized spacial score (nSPS) is 13.8. The first kappa shape index (κ1) is 65.5. The zero-order valence-corrected chi connectivity index (χ0v) is 51.6. The van der Waals surface area contributed by atoms with Gasteiger partial charge >= 0.3 is 30.3 Å². The highest BCUT2D eigenvalue weighted by Crippen LogP contribution is 2.25. The molecule has 0 bridgehead atoms. The maximum absolute atomic E-state index is 13.4. The molecular weight excluding hydrogens is 1320 g/mol. The molecule has 4 amide bonds. The standard InChI is InChI=1S/C14H17BrFNO2.C13H15BrFNO4.2C13H17BrFNO3.ClH/c1-5-12(17-13(18)19-14(2,3)4)9-6-10(15)8-11(16)7-9;1-13(2,3)20-12(19)16-10(11(17)18)7-4-8(14)6-9(15)5-7;2*1-13(2,3)19-12(18)16-11(7-17)8-4-9(14)6-10(15)5-8;/h5-8,12H,1H2,2-4H3,(H,17,18);4-6,10H,1-3H3,(H,16,19)(H,17,18);2*4-6,11,17H,7H2,1-3H3,(H,16,18);1H/t12-;10-;2*11-;/m0100./s1/i;;2*7D2;. The Morgan fingerprint density at radius 1 is 0.500 bits per heavy atom. The molecule has 4 aromatic carbocycles. The van der Waals surface area contributed by atoms with Crippen molar-refractivity contribution in [2.24, 2.45) is 0 Å². The van der Waals surface area contributed by atoms with Crippen molar-refractivity contribution in [3.8, 4) is 0 Å². The molecule has 0 unspecified atom stereocenters. The minimum absolute atomic E-state index is 0. The number of carbonyl (C=O) groups excluding carboxylic acids is 4. The van der Waals surface area contributed by atoms with E-state index in [1.807, 2.05) is 0 Å². The van der Waals surface area contributed by atoms with Crippen LogP contribution >= 0.6 is 76.1 Å². The summed E-state index contributed by atoms with van der Waals surface area (Å²) in [6, 6.07) is 10.4. The molecule has 0 spiro atoms. The van der Waals surface area contributed by atoms with Gasteiger partial charge < -0.3 is 55.5 Å². The number of alkyl carbamates (subject to hydrolysis) is 4. The Balaban J connectivity index is 0.00000106. The van der Waals surface area contributed by atoms with Crippen molar-refractivity contribution in [2.45, 2.75) is 130 Å². The quantitative estimate of drug-likeness (QED) is 0.0399. The third kappa shape index (κ3) is 31.6. The van der Waals surface area contributed by atoms with E-state index in [1.165, 1.54) is 54.6 Å². The van der Waals surface area contributed by atoms with Crippen LogP contribution in [0.1, 0.15) is 135 Å². The smallest absolute Gasteiger partial charge is 0.408 e. The van der Waals surface area contributed by atoms with E-state index >= 15 is 0 Å². The van der Waals surface area contributed by atoms with Gasteiger partial charge in [0.15, 0.2) is 6.04 Å². The van der Waals surface area contributed by atoms with Gasteiger partial charge in [-0.2, -0.15) is 0 Å². The zero-order chi connectivity index (χ0) is 63.0. The molecule has 4 aromatic rings. The highest BCUT2D eigenvalue weighted by molar-refractivity contribution is 9.11.